The van der Waals surface area contributed by atoms with Gasteiger partial charge < -0.3 is 14.6 Å². The van der Waals surface area contributed by atoms with Gasteiger partial charge in [-0.1, -0.05) is 0 Å². The molecule has 0 aliphatic carbocycles. The third kappa shape index (κ3) is 4.14. The maximum atomic E-state index is 12.7. The zero-order valence-electron chi connectivity index (χ0n) is 12.8. The fraction of sp³-hybridized carbons (Fsp3) is 0.714. The first-order valence-corrected chi connectivity index (χ1v) is 7.17. The molecule has 1 atom stereocenters. The van der Waals surface area contributed by atoms with E-state index in [1.165, 1.54) is 4.57 Å². The van der Waals surface area contributed by atoms with Crippen LogP contribution in [-0.2, 0) is 17.5 Å². The van der Waals surface area contributed by atoms with Crippen molar-refractivity contribution in [3.05, 3.63) is 17.7 Å². The molecule has 0 aromatic carbocycles. The molecular formula is C14H20F3N3O2. The van der Waals surface area contributed by atoms with Crippen molar-refractivity contribution >= 4 is 6.09 Å². The number of carbonyl (C=O) groups excluding carboxylic acids is 1. The van der Waals surface area contributed by atoms with Crippen LogP contribution >= 0.6 is 0 Å². The summed E-state index contributed by atoms with van der Waals surface area (Å²) in [5.41, 5.74) is -1.50. The second-order valence-corrected chi connectivity index (χ2v) is 6.40. The number of rotatable bonds is 2. The molecule has 1 aliphatic heterocycles. The minimum Gasteiger partial charge on any atom is -0.444 e. The van der Waals surface area contributed by atoms with E-state index in [-0.39, 0.29) is 12.5 Å². The normalized spacial score (nSPS) is 18.7. The maximum Gasteiger partial charge on any atom is 0.434 e. The third-order valence-electron chi connectivity index (χ3n) is 3.31. The van der Waals surface area contributed by atoms with Gasteiger partial charge in [0.05, 0.1) is 0 Å². The molecule has 124 valence electrons. The average Bonchev–Trinajstić information content (AvgIpc) is 2.78. The molecule has 1 aromatic rings. The molecule has 1 amide bonds. The number of amides is 1. The Morgan fingerprint density at radius 1 is 1.45 bits per heavy atom. The number of fused-ring (bicyclic) bond motifs is 1. The van der Waals surface area contributed by atoms with Gasteiger partial charge in [0.25, 0.3) is 0 Å². The molecule has 5 nitrogen and oxygen atoms in total. The molecule has 0 fully saturated rings. The summed E-state index contributed by atoms with van der Waals surface area (Å²) >= 11 is 0. The van der Waals surface area contributed by atoms with Crippen molar-refractivity contribution in [1.29, 1.82) is 0 Å². The molecular weight excluding hydrogens is 299 g/mol. The molecule has 1 aliphatic rings. The van der Waals surface area contributed by atoms with Gasteiger partial charge in [0.15, 0.2) is 5.69 Å². The number of ether oxygens (including phenoxy) is 1. The molecule has 2 heterocycles. The Bertz CT molecular complexity index is 547. The number of imidazole rings is 1. The monoisotopic (exact) mass is 319 g/mol. The molecule has 8 heteroatoms. The summed E-state index contributed by atoms with van der Waals surface area (Å²) < 4.78 is 44.8. The first-order chi connectivity index (χ1) is 10.1. The molecule has 2 rings (SSSR count). The summed E-state index contributed by atoms with van der Waals surface area (Å²) in [5.74, 6) is 0.131. The second-order valence-electron chi connectivity index (χ2n) is 6.40. The zero-order chi connectivity index (χ0) is 16.5. The number of nitrogens with one attached hydrogen (secondary N) is 1. The highest BCUT2D eigenvalue weighted by Crippen LogP contribution is 2.33. The Kier molecular flexibility index (Phi) is 4.39. The number of aromatic nitrogens is 2. The first-order valence-electron chi connectivity index (χ1n) is 7.17. The van der Waals surface area contributed by atoms with Gasteiger partial charge in [-0.25, -0.2) is 9.78 Å². The third-order valence-corrected chi connectivity index (χ3v) is 3.31. The SMILES string of the molecule is CC(C)(C)OC(=O)NCC1CCCn2cc(C(F)(F)F)nc21. The number of alkyl carbamates (subject to hydrolysis) is 1. The Balaban J connectivity index is 2.03. The number of alkyl halides is 3. The van der Waals surface area contributed by atoms with Gasteiger partial charge in [0.2, 0.25) is 0 Å². The van der Waals surface area contributed by atoms with Crippen LogP contribution in [0.2, 0.25) is 0 Å². The van der Waals surface area contributed by atoms with Gasteiger partial charge in [-0.3, -0.25) is 0 Å². The fourth-order valence-corrected chi connectivity index (χ4v) is 2.42. The summed E-state index contributed by atoms with van der Waals surface area (Å²) in [6, 6.07) is 0. The van der Waals surface area contributed by atoms with Crippen LogP contribution < -0.4 is 5.32 Å². The number of carbonyl (C=O) groups is 1. The van der Waals surface area contributed by atoms with Crippen molar-refractivity contribution in [2.24, 2.45) is 0 Å². The van der Waals surface area contributed by atoms with Crippen molar-refractivity contribution in [3.8, 4) is 0 Å². The van der Waals surface area contributed by atoms with Gasteiger partial charge in [0, 0.05) is 25.2 Å². The lowest BCUT2D eigenvalue weighted by Gasteiger charge is -2.25. The number of hydrogen-bond donors (Lipinski definition) is 1. The van der Waals surface area contributed by atoms with Crippen LogP contribution in [-0.4, -0.2) is 27.8 Å². The Morgan fingerprint density at radius 3 is 2.73 bits per heavy atom. The van der Waals surface area contributed by atoms with Crippen molar-refractivity contribution in [2.45, 2.75) is 57.9 Å². The topological polar surface area (TPSA) is 56.1 Å². The van der Waals surface area contributed by atoms with E-state index in [4.69, 9.17) is 4.74 Å². The van der Waals surface area contributed by atoms with Crippen LogP contribution in [0.4, 0.5) is 18.0 Å². The van der Waals surface area contributed by atoms with Gasteiger partial charge in [-0.05, 0) is 33.6 Å². The van der Waals surface area contributed by atoms with Crippen LogP contribution in [0.15, 0.2) is 6.20 Å². The van der Waals surface area contributed by atoms with Crippen LogP contribution in [0.1, 0.15) is 51.0 Å². The summed E-state index contributed by atoms with van der Waals surface area (Å²) in [5, 5.41) is 2.60. The standard InChI is InChI=1S/C14H20F3N3O2/c1-13(2,3)22-12(21)18-7-9-5-4-6-20-8-10(14(15,16)17)19-11(9)20/h8-9H,4-7H2,1-3H3,(H,18,21). The highest BCUT2D eigenvalue weighted by Gasteiger charge is 2.36. The fourth-order valence-electron chi connectivity index (χ4n) is 2.42. The molecule has 0 radical (unpaired) electrons. The van der Waals surface area contributed by atoms with Gasteiger partial charge in [-0.2, -0.15) is 13.2 Å². The lowest BCUT2D eigenvalue weighted by Crippen LogP contribution is -2.36. The van der Waals surface area contributed by atoms with E-state index in [2.05, 4.69) is 10.3 Å². The van der Waals surface area contributed by atoms with E-state index in [1.807, 2.05) is 0 Å². The zero-order valence-corrected chi connectivity index (χ0v) is 12.8. The van der Waals surface area contributed by atoms with Crippen LogP contribution in [0.25, 0.3) is 0 Å². The predicted molar refractivity (Wildman–Crippen MR) is 73.4 cm³/mol. The van der Waals surface area contributed by atoms with E-state index in [1.54, 1.807) is 20.8 Å². The van der Waals surface area contributed by atoms with Crippen LogP contribution in [0, 0.1) is 0 Å². The summed E-state index contributed by atoms with van der Waals surface area (Å²) in [7, 11) is 0. The molecule has 0 bridgehead atoms. The lowest BCUT2D eigenvalue weighted by atomic mass is 9.99. The smallest absolute Gasteiger partial charge is 0.434 e. The minimum absolute atomic E-state index is 0.212. The number of aryl methyl sites for hydroxylation is 1. The first kappa shape index (κ1) is 16.6. The number of halogens is 3. The van der Waals surface area contributed by atoms with E-state index in [0.29, 0.717) is 18.8 Å². The van der Waals surface area contributed by atoms with Gasteiger partial charge in [-0.15, -0.1) is 0 Å². The lowest BCUT2D eigenvalue weighted by molar-refractivity contribution is -0.141. The van der Waals surface area contributed by atoms with E-state index in [0.717, 1.165) is 12.6 Å². The van der Waals surface area contributed by atoms with E-state index >= 15 is 0 Å². The highest BCUT2D eigenvalue weighted by atomic mass is 19.4. The summed E-state index contributed by atoms with van der Waals surface area (Å²) in [4.78, 5) is 15.3. The largest absolute Gasteiger partial charge is 0.444 e. The van der Waals surface area contributed by atoms with Gasteiger partial charge in [0.1, 0.15) is 11.4 Å². The molecule has 1 aromatic heterocycles. The quantitative estimate of drug-likeness (QED) is 0.910. The molecule has 0 saturated heterocycles. The van der Waals surface area contributed by atoms with Crippen LogP contribution in [0.3, 0.4) is 0 Å². The Morgan fingerprint density at radius 2 is 2.14 bits per heavy atom. The van der Waals surface area contributed by atoms with E-state index < -0.39 is 23.6 Å². The Labute approximate surface area is 126 Å². The molecule has 1 unspecified atom stereocenters. The summed E-state index contributed by atoms with van der Waals surface area (Å²) in [6.07, 6.45) is -2.55. The van der Waals surface area contributed by atoms with Crippen LogP contribution in [0.5, 0.6) is 0 Å². The molecule has 0 saturated carbocycles. The molecule has 0 spiro atoms. The molecule has 1 N–H and O–H groups in total. The van der Waals surface area contributed by atoms with Crippen molar-refractivity contribution < 1.29 is 22.7 Å². The second kappa shape index (κ2) is 5.81. The average molecular weight is 319 g/mol. The van der Waals surface area contributed by atoms with Crippen molar-refractivity contribution in [2.75, 3.05) is 6.54 Å². The summed E-state index contributed by atoms with van der Waals surface area (Å²) in [6.45, 7) is 5.96. The van der Waals surface area contributed by atoms with Crippen molar-refractivity contribution in [3.63, 3.8) is 0 Å². The van der Waals surface area contributed by atoms with Crippen molar-refractivity contribution in [1.82, 2.24) is 14.9 Å². The van der Waals surface area contributed by atoms with Gasteiger partial charge >= 0.3 is 12.3 Å². The number of nitrogens with zero attached hydrogens (tertiary/aromatic N) is 2. The van der Waals surface area contributed by atoms with E-state index in [9.17, 15) is 18.0 Å². The Hall–Kier alpha value is -1.73. The minimum atomic E-state index is -4.45. The highest BCUT2D eigenvalue weighted by molar-refractivity contribution is 5.67. The number of hydrogen-bond acceptors (Lipinski definition) is 3. The maximum absolute atomic E-state index is 12.7. The predicted octanol–water partition coefficient (Wildman–Crippen LogP) is 3.30. The molecule has 22 heavy (non-hydrogen) atoms.